The molecular weight excluding hydrogens is 172 g/mol. The number of nitrogens with one attached hydrogen (secondary N) is 2. The summed E-state index contributed by atoms with van der Waals surface area (Å²) in [4.78, 5) is 21.6. The third-order valence-corrected chi connectivity index (χ3v) is 2.48. The molecule has 0 saturated carbocycles. The van der Waals surface area contributed by atoms with Crippen LogP contribution in [0.3, 0.4) is 0 Å². The third-order valence-electron chi connectivity index (χ3n) is 2.48. The molecule has 70 valence electrons. The van der Waals surface area contributed by atoms with Crippen molar-refractivity contribution in [2.45, 2.75) is 25.2 Å². The third kappa shape index (κ3) is 1.26. The minimum absolute atomic E-state index is 0.0218. The molecule has 2 rings (SSSR count). The number of hydrogen-bond donors (Lipinski definition) is 3. The molecule has 1 aromatic rings. The van der Waals surface area contributed by atoms with E-state index >= 15 is 0 Å². The van der Waals surface area contributed by atoms with E-state index in [2.05, 4.69) is 10.2 Å². The smallest absolute Gasteiger partial charge is 0.304 e. The average molecular weight is 182 g/mol. The van der Waals surface area contributed by atoms with Crippen LogP contribution in [0.15, 0.2) is 4.79 Å². The Morgan fingerprint density at radius 3 is 3.00 bits per heavy atom. The Morgan fingerprint density at radius 1 is 1.54 bits per heavy atom. The number of aromatic amines is 2. The summed E-state index contributed by atoms with van der Waals surface area (Å²) < 4.78 is 0. The van der Waals surface area contributed by atoms with Gasteiger partial charge in [-0.1, -0.05) is 0 Å². The highest BCUT2D eigenvalue weighted by atomic mass is 16.4. The van der Waals surface area contributed by atoms with Gasteiger partial charge in [-0.3, -0.25) is 14.7 Å². The number of fused-ring (bicyclic) bond motifs is 1. The fourth-order valence-corrected chi connectivity index (χ4v) is 1.87. The standard InChI is InChI=1S/C8H10N2O3/c11-6(12)3-4-1-2-5-7(4)9-10-8(5)13/h4H,1-3H2,(H,11,12)(H2,9,10,13). The van der Waals surface area contributed by atoms with Crippen molar-refractivity contribution in [3.63, 3.8) is 0 Å². The normalized spacial score (nSPS) is 20.2. The summed E-state index contributed by atoms with van der Waals surface area (Å²) >= 11 is 0. The minimum atomic E-state index is -0.820. The van der Waals surface area contributed by atoms with Crippen molar-refractivity contribution in [1.82, 2.24) is 10.2 Å². The molecule has 5 nitrogen and oxygen atoms in total. The zero-order chi connectivity index (χ0) is 9.42. The number of hydrogen-bond acceptors (Lipinski definition) is 2. The van der Waals surface area contributed by atoms with Gasteiger partial charge < -0.3 is 10.2 Å². The summed E-state index contributed by atoms with van der Waals surface area (Å²) in [6.07, 6.45) is 1.55. The summed E-state index contributed by atoms with van der Waals surface area (Å²) in [5.74, 6) is -0.841. The van der Waals surface area contributed by atoms with Crippen LogP contribution in [0.4, 0.5) is 0 Å². The van der Waals surface area contributed by atoms with Crippen LogP contribution in [-0.2, 0) is 11.2 Å². The van der Waals surface area contributed by atoms with Crippen LogP contribution >= 0.6 is 0 Å². The molecule has 1 atom stereocenters. The molecule has 0 spiro atoms. The monoisotopic (exact) mass is 182 g/mol. The first kappa shape index (κ1) is 8.10. The van der Waals surface area contributed by atoms with Gasteiger partial charge in [0, 0.05) is 17.2 Å². The Kier molecular flexibility index (Phi) is 1.72. The van der Waals surface area contributed by atoms with Crippen LogP contribution in [-0.4, -0.2) is 21.3 Å². The Hall–Kier alpha value is -1.52. The Labute approximate surface area is 73.8 Å². The van der Waals surface area contributed by atoms with Gasteiger partial charge >= 0.3 is 5.97 Å². The Bertz CT molecular complexity index is 390. The van der Waals surface area contributed by atoms with E-state index < -0.39 is 5.97 Å². The van der Waals surface area contributed by atoms with E-state index in [0.29, 0.717) is 6.42 Å². The molecule has 0 fully saturated rings. The van der Waals surface area contributed by atoms with E-state index in [4.69, 9.17) is 5.11 Å². The number of carbonyl (C=O) groups is 1. The number of H-pyrrole nitrogens is 2. The summed E-state index contributed by atoms with van der Waals surface area (Å²) in [5, 5.41) is 13.8. The molecule has 5 heteroatoms. The molecule has 0 radical (unpaired) electrons. The zero-order valence-corrected chi connectivity index (χ0v) is 6.96. The van der Waals surface area contributed by atoms with Crippen LogP contribution in [0.5, 0.6) is 0 Å². The second-order valence-corrected chi connectivity index (χ2v) is 3.30. The summed E-state index contributed by atoms with van der Waals surface area (Å²) in [6.45, 7) is 0. The van der Waals surface area contributed by atoms with E-state index in [1.54, 1.807) is 0 Å². The maximum atomic E-state index is 11.1. The van der Waals surface area contributed by atoms with E-state index in [0.717, 1.165) is 17.7 Å². The van der Waals surface area contributed by atoms with Crippen LogP contribution in [0.25, 0.3) is 0 Å². The molecule has 1 heterocycles. The molecule has 3 N–H and O–H groups in total. The second-order valence-electron chi connectivity index (χ2n) is 3.30. The van der Waals surface area contributed by atoms with Crippen LogP contribution in [0.2, 0.25) is 0 Å². The van der Waals surface area contributed by atoms with Gasteiger partial charge in [-0.2, -0.15) is 0 Å². The van der Waals surface area contributed by atoms with Gasteiger partial charge in [-0.15, -0.1) is 0 Å². The van der Waals surface area contributed by atoms with Crippen molar-refractivity contribution >= 4 is 5.97 Å². The first-order chi connectivity index (χ1) is 6.18. The molecule has 1 unspecified atom stereocenters. The predicted molar refractivity (Wildman–Crippen MR) is 44.7 cm³/mol. The number of carboxylic acid groups (broad SMARTS) is 1. The average Bonchev–Trinajstić information content (AvgIpc) is 2.56. The van der Waals surface area contributed by atoms with E-state index in [1.165, 1.54) is 0 Å². The lowest BCUT2D eigenvalue weighted by Gasteiger charge is -2.04. The quantitative estimate of drug-likeness (QED) is 0.611. The fourth-order valence-electron chi connectivity index (χ4n) is 1.87. The Balaban J connectivity index is 2.28. The molecule has 0 bridgehead atoms. The highest BCUT2D eigenvalue weighted by Gasteiger charge is 2.28. The Morgan fingerprint density at radius 2 is 2.31 bits per heavy atom. The van der Waals surface area contributed by atoms with Gasteiger partial charge in [0.2, 0.25) is 0 Å². The maximum absolute atomic E-state index is 11.1. The number of aliphatic carboxylic acids is 1. The molecule has 0 aliphatic heterocycles. The molecule has 1 aromatic heterocycles. The topological polar surface area (TPSA) is 85.9 Å². The van der Waals surface area contributed by atoms with Gasteiger partial charge in [-0.05, 0) is 12.8 Å². The lowest BCUT2D eigenvalue weighted by atomic mass is 10.0. The van der Waals surface area contributed by atoms with Crippen LogP contribution in [0.1, 0.15) is 30.0 Å². The lowest BCUT2D eigenvalue weighted by Crippen LogP contribution is -2.04. The number of aromatic nitrogens is 2. The largest absolute Gasteiger partial charge is 0.481 e. The minimum Gasteiger partial charge on any atom is -0.481 e. The highest BCUT2D eigenvalue weighted by molar-refractivity contribution is 5.68. The van der Waals surface area contributed by atoms with Crippen molar-refractivity contribution < 1.29 is 9.90 Å². The van der Waals surface area contributed by atoms with E-state index in [-0.39, 0.29) is 17.9 Å². The highest BCUT2D eigenvalue weighted by Crippen LogP contribution is 2.31. The van der Waals surface area contributed by atoms with Crippen LogP contribution < -0.4 is 5.56 Å². The van der Waals surface area contributed by atoms with E-state index in [1.807, 2.05) is 0 Å². The SMILES string of the molecule is O=C(O)CC1CCc2c1[nH][nH]c2=O. The first-order valence-corrected chi connectivity index (χ1v) is 4.19. The molecule has 13 heavy (non-hydrogen) atoms. The summed E-state index contributed by atoms with van der Waals surface area (Å²) in [6, 6.07) is 0. The summed E-state index contributed by atoms with van der Waals surface area (Å²) in [7, 11) is 0. The summed E-state index contributed by atoms with van der Waals surface area (Å²) in [5.41, 5.74) is 1.40. The number of rotatable bonds is 2. The lowest BCUT2D eigenvalue weighted by molar-refractivity contribution is -0.137. The predicted octanol–water partition coefficient (Wildman–Crippen LogP) is 0.208. The van der Waals surface area contributed by atoms with Gasteiger partial charge in [-0.25, -0.2) is 0 Å². The maximum Gasteiger partial charge on any atom is 0.304 e. The fraction of sp³-hybridized carbons (Fsp3) is 0.500. The van der Waals surface area contributed by atoms with Crippen molar-refractivity contribution in [3.05, 3.63) is 21.6 Å². The van der Waals surface area contributed by atoms with Crippen molar-refractivity contribution in [2.75, 3.05) is 0 Å². The second kappa shape index (κ2) is 2.76. The van der Waals surface area contributed by atoms with Gasteiger partial charge in [0.1, 0.15) is 0 Å². The first-order valence-electron chi connectivity index (χ1n) is 4.19. The van der Waals surface area contributed by atoms with Gasteiger partial charge in [0.15, 0.2) is 0 Å². The van der Waals surface area contributed by atoms with Crippen molar-refractivity contribution in [2.24, 2.45) is 0 Å². The molecule has 0 aromatic carbocycles. The van der Waals surface area contributed by atoms with Crippen LogP contribution in [0, 0.1) is 0 Å². The van der Waals surface area contributed by atoms with E-state index in [9.17, 15) is 9.59 Å². The van der Waals surface area contributed by atoms with Gasteiger partial charge in [0.25, 0.3) is 5.56 Å². The van der Waals surface area contributed by atoms with Gasteiger partial charge in [0.05, 0.1) is 6.42 Å². The number of carboxylic acids is 1. The zero-order valence-electron chi connectivity index (χ0n) is 6.96. The molecule has 0 amide bonds. The van der Waals surface area contributed by atoms with Crippen molar-refractivity contribution in [1.29, 1.82) is 0 Å². The molecule has 1 aliphatic carbocycles. The molecule has 0 saturated heterocycles. The van der Waals surface area contributed by atoms with Crippen molar-refractivity contribution in [3.8, 4) is 0 Å². The molecular formula is C8H10N2O3. The molecule has 1 aliphatic rings.